The van der Waals surface area contributed by atoms with E-state index in [1.807, 2.05) is 18.7 Å². The van der Waals surface area contributed by atoms with Gasteiger partial charge < -0.3 is 19.3 Å². The number of hydrogen-bond acceptors (Lipinski definition) is 9. The maximum Gasteiger partial charge on any atom is 0.410 e. The predicted octanol–water partition coefficient (Wildman–Crippen LogP) is 2.78. The molecule has 10 nitrogen and oxygen atoms in total. The fourth-order valence-electron chi connectivity index (χ4n) is 3.86. The molecule has 0 saturated carbocycles. The van der Waals surface area contributed by atoms with Gasteiger partial charge in [-0.25, -0.2) is 28.2 Å². The molecule has 0 aromatic carbocycles. The van der Waals surface area contributed by atoms with Crippen molar-refractivity contribution in [3.05, 3.63) is 30.2 Å². The number of likely N-dealkylation sites (tertiary alicyclic amines) is 1. The number of hydrogen-bond donors (Lipinski definition) is 0. The van der Waals surface area contributed by atoms with E-state index in [1.54, 1.807) is 17.2 Å². The third-order valence-electron chi connectivity index (χ3n) is 5.45. The summed E-state index contributed by atoms with van der Waals surface area (Å²) in [5.41, 5.74) is 1.68. The standard InChI is InChI=1S/C21H27N5O5S.ClH/c1-14(2)30-21(27)25-9-6-16(7-10-25)31-20-17-8-11-26(19(17)23-13-24-20)15-4-5-18(22-12-15)32(3,28)29;/h4-5,12-14,16H,6-11H2,1-3H3;1H. The number of nitrogens with zero attached hydrogens (tertiary/aromatic N) is 5. The van der Waals surface area contributed by atoms with Crippen LogP contribution in [-0.4, -0.2) is 72.5 Å². The summed E-state index contributed by atoms with van der Waals surface area (Å²) < 4.78 is 34.8. The van der Waals surface area contributed by atoms with E-state index in [4.69, 9.17) is 9.47 Å². The van der Waals surface area contributed by atoms with Crippen LogP contribution in [0.2, 0.25) is 0 Å². The summed E-state index contributed by atoms with van der Waals surface area (Å²) in [7, 11) is -3.35. The van der Waals surface area contributed by atoms with Crippen molar-refractivity contribution in [1.82, 2.24) is 19.9 Å². The van der Waals surface area contributed by atoms with Gasteiger partial charge in [0.2, 0.25) is 5.88 Å². The zero-order chi connectivity index (χ0) is 22.9. The van der Waals surface area contributed by atoms with Crippen molar-refractivity contribution in [2.45, 2.75) is 50.3 Å². The molecule has 33 heavy (non-hydrogen) atoms. The summed E-state index contributed by atoms with van der Waals surface area (Å²) in [6.07, 6.45) is 5.79. The van der Waals surface area contributed by atoms with E-state index in [-0.39, 0.29) is 35.7 Å². The molecule has 2 aliphatic rings. The monoisotopic (exact) mass is 497 g/mol. The number of piperidine rings is 1. The molecule has 4 rings (SSSR count). The molecule has 2 aliphatic heterocycles. The Morgan fingerprint density at radius 2 is 1.85 bits per heavy atom. The van der Waals surface area contributed by atoms with Crippen molar-refractivity contribution < 1.29 is 22.7 Å². The van der Waals surface area contributed by atoms with Crippen LogP contribution in [0.3, 0.4) is 0 Å². The van der Waals surface area contributed by atoms with E-state index in [1.165, 1.54) is 12.4 Å². The Kier molecular flexibility index (Phi) is 7.63. The molecule has 0 aliphatic carbocycles. The fraction of sp³-hybridized carbons (Fsp3) is 0.524. The highest BCUT2D eigenvalue weighted by Gasteiger charge is 2.30. The molecule has 0 N–H and O–H groups in total. The topological polar surface area (TPSA) is 115 Å². The summed E-state index contributed by atoms with van der Waals surface area (Å²) in [6.45, 7) is 5.50. The van der Waals surface area contributed by atoms with Crippen LogP contribution < -0.4 is 9.64 Å². The summed E-state index contributed by atoms with van der Waals surface area (Å²) in [5.74, 6) is 1.29. The quantitative estimate of drug-likeness (QED) is 0.614. The van der Waals surface area contributed by atoms with E-state index in [9.17, 15) is 13.2 Å². The van der Waals surface area contributed by atoms with Gasteiger partial charge in [0.05, 0.1) is 23.6 Å². The zero-order valence-corrected chi connectivity index (χ0v) is 20.4. The number of pyridine rings is 1. The molecule has 180 valence electrons. The predicted molar refractivity (Wildman–Crippen MR) is 124 cm³/mol. The lowest BCUT2D eigenvalue weighted by Gasteiger charge is -2.32. The van der Waals surface area contributed by atoms with Crippen LogP contribution in [-0.2, 0) is 21.0 Å². The van der Waals surface area contributed by atoms with Crippen LogP contribution in [0.15, 0.2) is 29.7 Å². The first-order chi connectivity index (χ1) is 15.2. The van der Waals surface area contributed by atoms with Gasteiger partial charge in [-0.1, -0.05) is 0 Å². The van der Waals surface area contributed by atoms with Gasteiger partial charge in [-0.3, -0.25) is 0 Å². The van der Waals surface area contributed by atoms with Crippen molar-refractivity contribution in [2.75, 3.05) is 30.8 Å². The van der Waals surface area contributed by atoms with Gasteiger partial charge in [-0.15, -0.1) is 12.4 Å². The molecule has 2 aromatic heterocycles. The summed E-state index contributed by atoms with van der Waals surface area (Å²) in [4.78, 5) is 28.6. The Morgan fingerprint density at radius 3 is 2.45 bits per heavy atom. The summed E-state index contributed by atoms with van der Waals surface area (Å²) in [5, 5.41) is 0.0380. The number of rotatable bonds is 5. The molecule has 1 fully saturated rings. The van der Waals surface area contributed by atoms with Crippen LogP contribution in [0.5, 0.6) is 5.88 Å². The van der Waals surface area contributed by atoms with Crippen molar-refractivity contribution in [3.8, 4) is 5.88 Å². The van der Waals surface area contributed by atoms with Crippen LogP contribution in [0.4, 0.5) is 16.3 Å². The second-order valence-corrected chi connectivity index (χ2v) is 10.2. The van der Waals surface area contributed by atoms with Crippen LogP contribution in [0.25, 0.3) is 0 Å². The lowest BCUT2D eigenvalue weighted by atomic mass is 10.1. The fourth-order valence-corrected chi connectivity index (χ4v) is 4.42. The number of carbonyl (C=O) groups is 1. The van der Waals surface area contributed by atoms with Crippen LogP contribution in [0, 0.1) is 0 Å². The lowest BCUT2D eigenvalue weighted by Crippen LogP contribution is -2.42. The molecule has 0 bridgehead atoms. The van der Waals surface area contributed by atoms with Gasteiger partial charge in [0.15, 0.2) is 14.9 Å². The van der Waals surface area contributed by atoms with Gasteiger partial charge in [0, 0.05) is 38.7 Å². The largest absolute Gasteiger partial charge is 0.474 e. The molecular formula is C21H28ClN5O5S. The number of ether oxygens (including phenoxy) is 2. The number of carbonyl (C=O) groups excluding carboxylic acids is 1. The number of anilines is 2. The Labute approximate surface area is 199 Å². The molecule has 2 aromatic rings. The summed E-state index contributed by atoms with van der Waals surface area (Å²) in [6, 6.07) is 3.23. The number of amides is 1. The summed E-state index contributed by atoms with van der Waals surface area (Å²) >= 11 is 0. The lowest BCUT2D eigenvalue weighted by molar-refractivity contribution is 0.0505. The van der Waals surface area contributed by atoms with Gasteiger partial charge >= 0.3 is 6.09 Å². The first kappa shape index (κ1) is 25.0. The first-order valence-corrected chi connectivity index (χ1v) is 12.5. The van der Waals surface area contributed by atoms with Gasteiger partial charge in [0.1, 0.15) is 18.2 Å². The highest BCUT2D eigenvalue weighted by Crippen LogP contribution is 2.37. The van der Waals surface area contributed by atoms with Crippen molar-refractivity contribution >= 4 is 39.8 Å². The van der Waals surface area contributed by atoms with Gasteiger partial charge in [-0.05, 0) is 32.4 Å². The Morgan fingerprint density at radius 1 is 1.12 bits per heavy atom. The number of sulfone groups is 1. The van der Waals surface area contributed by atoms with E-state index in [0.717, 1.165) is 23.3 Å². The number of aromatic nitrogens is 3. The molecular weight excluding hydrogens is 470 g/mol. The van der Waals surface area contributed by atoms with E-state index in [0.29, 0.717) is 44.8 Å². The Balaban J connectivity index is 0.00000306. The molecule has 0 atom stereocenters. The van der Waals surface area contributed by atoms with Crippen molar-refractivity contribution in [3.63, 3.8) is 0 Å². The second kappa shape index (κ2) is 10.1. The van der Waals surface area contributed by atoms with Crippen molar-refractivity contribution in [2.24, 2.45) is 0 Å². The highest BCUT2D eigenvalue weighted by atomic mass is 35.5. The molecule has 0 unspecified atom stereocenters. The Bertz CT molecular complexity index is 1090. The molecule has 0 spiro atoms. The molecule has 12 heteroatoms. The highest BCUT2D eigenvalue weighted by molar-refractivity contribution is 7.90. The average molecular weight is 498 g/mol. The van der Waals surface area contributed by atoms with Gasteiger partial charge in [0.25, 0.3) is 0 Å². The average Bonchev–Trinajstić information content (AvgIpc) is 3.18. The molecule has 0 radical (unpaired) electrons. The number of halogens is 1. The zero-order valence-electron chi connectivity index (χ0n) is 18.8. The minimum atomic E-state index is -3.35. The van der Waals surface area contributed by atoms with E-state index >= 15 is 0 Å². The third kappa shape index (κ3) is 5.64. The molecule has 1 amide bonds. The smallest absolute Gasteiger partial charge is 0.410 e. The van der Waals surface area contributed by atoms with Crippen LogP contribution >= 0.6 is 12.4 Å². The number of fused-ring (bicyclic) bond motifs is 1. The minimum absolute atomic E-state index is 0. The maximum atomic E-state index is 12.1. The van der Waals surface area contributed by atoms with Crippen molar-refractivity contribution in [1.29, 1.82) is 0 Å². The van der Waals surface area contributed by atoms with Gasteiger partial charge in [-0.2, -0.15) is 0 Å². The Hall–Kier alpha value is -2.66. The third-order valence-corrected chi connectivity index (χ3v) is 6.45. The SMILES string of the molecule is CC(C)OC(=O)N1CCC(Oc2ncnc3c2CCN3c2ccc(S(C)(=O)=O)nc2)CC1.Cl. The maximum absolute atomic E-state index is 12.1. The normalized spacial score (nSPS) is 16.4. The van der Waals surface area contributed by atoms with E-state index in [2.05, 4.69) is 15.0 Å². The second-order valence-electron chi connectivity index (χ2n) is 8.25. The van der Waals surface area contributed by atoms with E-state index < -0.39 is 9.84 Å². The van der Waals surface area contributed by atoms with Crippen LogP contribution in [0.1, 0.15) is 32.3 Å². The minimum Gasteiger partial charge on any atom is -0.474 e. The molecule has 1 saturated heterocycles. The first-order valence-electron chi connectivity index (χ1n) is 10.6. The molecule has 4 heterocycles.